The van der Waals surface area contributed by atoms with Crippen molar-refractivity contribution in [3.63, 3.8) is 0 Å². The van der Waals surface area contributed by atoms with Crippen LogP contribution in [0, 0.1) is 18.3 Å². The van der Waals surface area contributed by atoms with Crippen LogP contribution in [-0.2, 0) is 11.3 Å². The van der Waals surface area contributed by atoms with Crippen molar-refractivity contribution in [1.82, 2.24) is 10.3 Å². The first-order valence-corrected chi connectivity index (χ1v) is 6.69. The third-order valence-corrected chi connectivity index (χ3v) is 4.12. The Hall–Kier alpha value is -1.38. The minimum Gasteiger partial charge on any atom is -0.350 e. The Bertz CT molecular complexity index is 440. The molecule has 1 aromatic rings. The number of hydrogen-bond donors (Lipinski definition) is 1. The van der Waals surface area contributed by atoms with E-state index in [1.807, 2.05) is 19.1 Å². The number of rotatable bonds is 3. The van der Waals surface area contributed by atoms with Crippen LogP contribution in [0.5, 0.6) is 0 Å². The summed E-state index contributed by atoms with van der Waals surface area (Å²) >= 11 is 0. The van der Waals surface area contributed by atoms with Crippen molar-refractivity contribution < 1.29 is 4.79 Å². The molecule has 18 heavy (non-hydrogen) atoms. The molecule has 0 radical (unpaired) electrons. The minimum atomic E-state index is 0.142. The maximum atomic E-state index is 12.2. The van der Waals surface area contributed by atoms with Gasteiger partial charge < -0.3 is 5.32 Å². The van der Waals surface area contributed by atoms with Crippen molar-refractivity contribution in [1.29, 1.82) is 0 Å². The van der Waals surface area contributed by atoms with Crippen LogP contribution in [0.25, 0.3) is 0 Å². The lowest BCUT2D eigenvalue weighted by molar-refractivity contribution is -0.127. The van der Waals surface area contributed by atoms with E-state index in [-0.39, 0.29) is 17.2 Å². The third kappa shape index (κ3) is 2.71. The zero-order chi connectivity index (χ0) is 13.2. The summed E-state index contributed by atoms with van der Waals surface area (Å²) in [5, 5.41) is 3.04. The highest BCUT2D eigenvalue weighted by atomic mass is 16.1. The summed E-state index contributed by atoms with van der Waals surface area (Å²) in [6.07, 6.45) is 5.09. The highest BCUT2D eigenvalue weighted by Gasteiger charge is 2.39. The van der Waals surface area contributed by atoms with Gasteiger partial charge in [0.15, 0.2) is 0 Å². The molecule has 0 unspecified atom stereocenters. The lowest BCUT2D eigenvalue weighted by Crippen LogP contribution is -2.36. The molecule has 1 fully saturated rings. The van der Waals surface area contributed by atoms with Gasteiger partial charge in [0.1, 0.15) is 0 Å². The van der Waals surface area contributed by atoms with Crippen LogP contribution in [0.1, 0.15) is 44.4 Å². The van der Waals surface area contributed by atoms with E-state index >= 15 is 0 Å². The Labute approximate surface area is 109 Å². The molecule has 2 rings (SSSR count). The molecule has 1 atom stereocenters. The predicted molar refractivity (Wildman–Crippen MR) is 71.9 cm³/mol. The Kier molecular flexibility index (Phi) is 3.69. The molecular weight excluding hydrogens is 224 g/mol. The van der Waals surface area contributed by atoms with E-state index in [1.54, 1.807) is 6.20 Å². The number of hydrogen-bond acceptors (Lipinski definition) is 2. The highest BCUT2D eigenvalue weighted by Crippen LogP contribution is 2.42. The van der Waals surface area contributed by atoms with Gasteiger partial charge in [0.25, 0.3) is 0 Å². The quantitative estimate of drug-likeness (QED) is 0.891. The molecule has 0 aliphatic heterocycles. The maximum absolute atomic E-state index is 12.2. The molecule has 0 bridgehead atoms. The molecule has 1 aromatic heterocycles. The second-order valence-electron chi connectivity index (χ2n) is 5.92. The van der Waals surface area contributed by atoms with Gasteiger partial charge in [-0.2, -0.15) is 0 Å². The van der Waals surface area contributed by atoms with Gasteiger partial charge in [-0.05, 0) is 36.8 Å². The van der Waals surface area contributed by atoms with Crippen LogP contribution < -0.4 is 5.32 Å². The Morgan fingerprint density at radius 1 is 1.56 bits per heavy atom. The molecule has 1 saturated carbocycles. The fourth-order valence-electron chi connectivity index (χ4n) is 2.81. The van der Waals surface area contributed by atoms with Gasteiger partial charge in [-0.15, -0.1) is 0 Å². The summed E-state index contributed by atoms with van der Waals surface area (Å²) in [6.45, 7) is 6.94. The standard InChI is InChI=1S/C15H22N2O/c1-11-6-5-9-16-13(11)10-17-14(18)12-7-4-8-15(12,2)3/h5-6,9,12H,4,7-8,10H2,1-3H3,(H,17,18)/t12-/m1/s1. The van der Waals surface area contributed by atoms with Crippen LogP contribution in [0.2, 0.25) is 0 Å². The Balaban J connectivity index is 1.95. The van der Waals surface area contributed by atoms with Gasteiger partial charge >= 0.3 is 0 Å². The van der Waals surface area contributed by atoms with Crippen molar-refractivity contribution in [2.75, 3.05) is 0 Å². The number of pyridine rings is 1. The zero-order valence-corrected chi connectivity index (χ0v) is 11.5. The normalized spacial score (nSPS) is 21.8. The van der Waals surface area contributed by atoms with Gasteiger partial charge in [0.05, 0.1) is 12.2 Å². The topological polar surface area (TPSA) is 42.0 Å². The van der Waals surface area contributed by atoms with Crippen molar-refractivity contribution >= 4 is 5.91 Å². The third-order valence-electron chi connectivity index (χ3n) is 4.12. The number of amides is 1. The van der Waals surface area contributed by atoms with Gasteiger partial charge in [-0.1, -0.05) is 26.3 Å². The second kappa shape index (κ2) is 5.09. The molecule has 1 aliphatic carbocycles. The van der Waals surface area contributed by atoms with E-state index in [4.69, 9.17) is 0 Å². The molecule has 98 valence electrons. The first-order valence-electron chi connectivity index (χ1n) is 6.69. The monoisotopic (exact) mass is 246 g/mol. The SMILES string of the molecule is Cc1cccnc1CNC(=O)[C@H]1CCCC1(C)C. The number of nitrogens with one attached hydrogen (secondary N) is 1. The number of aryl methyl sites for hydroxylation is 1. The molecule has 1 heterocycles. The van der Waals surface area contributed by atoms with Gasteiger partial charge in [-0.25, -0.2) is 0 Å². The van der Waals surface area contributed by atoms with Crippen LogP contribution in [0.15, 0.2) is 18.3 Å². The molecule has 0 saturated heterocycles. The Morgan fingerprint density at radius 2 is 2.33 bits per heavy atom. The van der Waals surface area contributed by atoms with Crippen LogP contribution in [-0.4, -0.2) is 10.9 Å². The first-order chi connectivity index (χ1) is 8.50. The average molecular weight is 246 g/mol. The maximum Gasteiger partial charge on any atom is 0.223 e. The number of carbonyl (C=O) groups is 1. The summed E-state index contributed by atoms with van der Waals surface area (Å²) in [5.74, 6) is 0.337. The van der Waals surface area contributed by atoms with E-state index in [2.05, 4.69) is 24.1 Å². The summed E-state index contributed by atoms with van der Waals surface area (Å²) < 4.78 is 0. The minimum absolute atomic E-state index is 0.142. The average Bonchev–Trinajstić information content (AvgIpc) is 2.67. The molecule has 1 aliphatic rings. The lowest BCUT2D eigenvalue weighted by Gasteiger charge is -2.25. The van der Waals surface area contributed by atoms with E-state index in [0.29, 0.717) is 6.54 Å². The summed E-state index contributed by atoms with van der Waals surface area (Å²) in [6, 6.07) is 3.94. The molecule has 3 heteroatoms. The van der Waals surface area contributed by atoms with Gasteiger partial charge in [0, 0.05) is 12.1 Å². The van der Waals surface area contributed by atoms with Gasteiger partial charge in [-0.3, -0.25) is 9.78 Å². The molecule has 0 spiro atoms. The van der Waals surface area contributed by atoms with Gasteiger partial charge in [0.2, 0.25) is 5.91 Å². The number of nitrogens with zero attached hydrogens (tertiary/aromatic N) is 1. The number of aromatic nitrogens is 1. The van der Waals surface area contributed by atoms with E-state index in [9.17, 15) is 4.79 Å². The predicted octanol–water partition coefficient (Wildman–Crippen LogP) is 2.83. The van der Waals surface area contributed by atoms with E-state index < -0.39 is 0 Å². The van der Waals surface area contributed by atoms with Crippen molar-refractivity contribution in [2.24, 2.45) is 11.3 Å². The zero-order valence-electron chi connectivity index (χ0n) is 11.5. The largest absolute Gasteiger partial charge is 0.350 e. The fourth-order valence-corrected chi connectivity index (χ4v) is 2.81. The molecular formula is C15H22N2O. The first kappa shape index (κ1) is 13.1. The van der Waals surface area contributed by atoms with Crippen molar-refractivity contribution in [3.8, 4) is 0 Å². The van der Waals surface area contributed by atoms with Crippen molar-refractivity contribution in [2.45, 2.75) is 46.6 Å². The fraction of sp³-hybridized carbons (Fsp3) is 0.600. The Morgan fingerprint density at radius 3 is 2.94 bits per heavy atom. The van der Waals surface area contributed by atoms with E-state index in [0.717, 1.165) is 30.5 Å². The molecule has 1 amide bonds. The summed E-state index contributed by atoms with van der Waals surface area (Å²) in [4.78, 5) is 16.5. The highest BCUT2D eigenvalue weighted by molar-refractivity contribution is 5.79. The second-order valence-corrected chi connectivity index (χ2v) is 5.92. The van der Waals surface area contributed by atoms with E-state index in [1.165, 1.54) is 0 Å². The van der Waals surface area contributed by atoms with Crippen LogP contribution in [0.3, 0.4) is 0 Å². The molecule has 3 nitrogen and oxygen atoms in total. The molecule has 0 aromatic carbocycles. The molecule has 1 N–H and O–H groups in total. The van der Waals surface area contributed by atoms with Crippen LogP contribution in [0.4, 0.5) is 0 Å². The number of carbonyl (C=O) groups excluding carboxylic acids is 1. The van der Waals surface area contributed by atoms with Crippen LogP contribution >= 0.6 is 0 Å². The smallest absolute Gasteiger partial charge is 0.223 e. The summed E-state index contributed by atoms with van der Waals surface area (Å²) in [7, 11) is 0. The van der Waals surface area contributed by atoms with Crippen molar-refractivity contribution in [3.05, 3.63) is 29.6 Å². The lowest BCUT2D eigenvalue weighted by atomic mass is 9.81. The summed E-state index contributed by atoms with van der Waals surface area (Å²) in [5.41, 5.74) is 2.23.